The third-order valence-corrected chi connectivity index (χ3v) is 8.40. The second-order valence-corrected chi connectivity index (χ2v) is 12.0. The summed E-state index contributed by atoms with van der Waals surface area (Å²) in [6, 6.07) is 14.7. The Bertz CT molecular complexity index is 1460. The molecule has 1 fully saturated rings. The molecule has 0 radical (unpaired) electrons. The number of carbonyl (C=O) groups is 1. The van der Waals surface area contributed by atoms with E-state index in [1.54, 1.807) is 46.3 Å². The Balaban J connectivity index is 1.61. The molecule has 45 heavy (non-hydrogen) atoms. The lowest BCUT2D eigenvalue weighted by Crippen LogP contribution is -2.31. The largest absolute Gasteiger partial charge is 0.493 e. The van der Waals surface area contributed by atoms with Crippen LogP contribution in [0.3, 0.4) is 0 Å². The SMILES string of the molecule is COc1cc(C2CCC(c3cc(OC)c(OC)c(OC)c3)O2)cc(C/C=C/NC(=O)N(C)O)c1OC(C)Sc1ccc(Cl)cc1. The average molecular weight is 659 g/mol. The second kappa shape index (κ2) is 16.0. The first-order chi connectivity index (χ1) is 21.7. The van der Waals surface area contributed by atoms with Crippen molar-refractivity contribution in [2.24, 2.45) is 0 Å². The number of urea groups is 1. The van der Waals surface area contributed by atoms with E-state index in [0.29, 0.717) is 45.3 Å². The molecule has 3 unspecified atom stereocenters. The van der Waals surface area contributed by atoms with Crippen LogP contribution in [0.5, 0.6) is 28.7 Å². The molecule has 1 aliphatic rings. The van der Waals surface area contributed by atoms with Gasteiger partial charge in [0.15, 0.2) is 23.0 Å². The van der Waals surface area contributed by atoms with Crippen molar-refractivity contribution in [2.75, 3.05) is 35.5 Å². The number of hydrogen-bond acceptors (Lipinski definition) is 9. The number of nitrogens with one attached hydrogen (secondary N) is 1. The third-order valence-electron chi connectivity index (χ3n) is 7.18. The molecule has 1 saturated heterocycles. The van der Waals surface area contributed by atoms with Gasteiger partial charge in [0, 0.05) is 28.7 Å². The summed E-state index contributed by atoms with van der Waals surface area (Å²) in [5.41, 5.74) is 2.45. The summed E-state index contributed by atoms with van der Waals surface area (Å²) in [5, 5.41) is 13.0. The molecule has 2 amide bonds. The number of carbonyl (C=O) groups excluding carboxylic acids is 1. The molecule has 1 aliphatic heterocycles. The standard InChI is InChI=1S/C33H39ClN2O8S/c1-20(45-25-11-9-24(34)10-12-25)43-31-21(8-7-15-35-33(37)36(2)38)16-22(17-28(31)39-3)26-13-14-27(44-26)23-18-29(40-4)32(42-6)30(19-23)41-5/h7,9-12,15-20,26-27,38H,8,13-14H2,1-6H3,(H,35,37)/b15-7+. The van der Waals surface area contributed by atoms with Crippen molar-refractivity contribution in [3.63, 3.8) is 0 Å². The van der Waals surface area contributed by atoms with E-state index in [-0.39, 0.29) is 17.6 Å². The van der Waals surface area contributed by atoms with Crippen LogP contribution in [-0.4, -0.2) is 57.2 Å². The van der Waals surface area contributed by atoms with Crippen LogP contribution in [0.1, 0.15) is 48.7 Å². The van der Waals surface area contributed by atoms with Crippen LogP contribution < -0.4 is 29.0 Å². The monoisotopic (exact) mass is 658 g/mol. The molecule has 3 atom stereocenters. The lowest BCUT2D eigenvalue weighted by Gasteiger charge is -2.22. The number of amides is 2. The third kappa shape index (κ3) is 8.70. The van der Waals surface area contributed by atoms with E-state index in [1.807, 2.05) is 55.5 Å². The molecule has 3 aromatic rings. The summed E-state index contributed by atoms with van der Waals surface area (Å²) < 4.78 is 35.5. The van der Waals surface area contributed by atoms with E-state index in [1.165, 1.54) is 13.2 Å². The summed E-state index contributed by atoms with van der Waals surface area (Å²) in [6.07, 6.45) is 4.85. The molecule has 0 spiro atoms. The quantitative estimate of drug-likeness (QED) is 0.0832. The molecule has 0 saturated carbocycles. The Labute approximate surface area is 273 Å². The number of benzene rings is 3. The molecule has 4 rings (SSSR count). The van der Waals surface area contributed by atoms with Crippen molar-refractivity contribution in [3.8, 4) is 28.7 Å². The van der Waals surface area contributed by atoms with Crippen LogP contribution in [0.2, 0.25) is 5.02 Å². The minimum atomic E-state index is -0.653. The molecule has 0 aromatic heterocycles. The zero-order valence-corrected chi connectivity index (χ0v) is 27.7. The van der Waals surface area contributed by atoms with Crippen LogP contribution in [0.15, 0.2) is 65.7 Å². The lowest BCUT2D eigenvalue weighted by molar-refractivity contribution is -0.0168. The number of hydrogen-bond donors (Lipinski definition) is 2. The fourth-order valence-electron chi connectivity index (χ4n) is 5.03. The highest BCUT2D eigenvalue weighted by molar-refractivity contribution is 7.99. The lowest BCUT2D eigenvalue weighted by atomic mass is 9.99. The van der Waals surface area contributed by atoms with Gasteiger partial charge in [-0.3, -0.25) is 5.21 Å². The van der Waals surface area contributed by atoms with Gasteiger partial charge in [-0.05, 0) is 85.8 Å². The normalized spacial score (nSPS) is 16.7. The van der Waals surface area contributed by atoms with Gasteiger partial charge in [-0.15, -0.1) is 0 Å². The van der Waals surface area contributed by atoms with Gasteiger partial charge in [-0.1, -0.05) is 29.4 Å². The predicted octanol–water partition coefficient (Wildman–Crippen LogP) is 7.57. The first-order valence-corrected chi connectivity index (χ1v) is 15.6. The van der Waals surface area contributed by atoms with Crippen molar-refractivity contribution in [1.29, 1.82) is 0 Å². The van der Waals surface area contributed by atoms with E-state index in [0.717, 1.165) is 34.4 Å². The first kappa shape index (κ1) is 34.1. The van der Waals surface area contributed by atoms with Gasteiger partial charge in [-0.2, -0.15) is 0 Å². The Morgan fingerprint density at radius 2 is 1.53 bits per heavy atom. The average Bonchev–Trinajstić information content (AvgIpc) is 3.54. The number of thioether (sulfide) groups is 1. The molecule has 242 valence electrons. The fourth-order valence-corrected chi connectivity index (χ4v) is 5.97. The number of nitrogens with zero attached hydrogens (tertiary/aromatic N) is 1. The van der Waals surface area contributed by atoms with Crippen LogP contribution in [0.25, 0.3) is 0 Å². The molecule has 10 nitrogen and oxygen atoms in total. The van der Waals surface area contributed by atoms with Crippen molar-refractivity contribution in [2.45, 2.75) is 48.7 Å². The summed E-state index contributed by atoms with van der Waals surface area (Å²) in [5.74, 6) is 2.83. The Morgan fingerprint density at radius 1 is 0.978 bits per heavy atom. The van der Waals surface area contributed by atoms with Crippen LogP contribution in [0.4, 0.5) is 4.79 Å². The second-order valence-electron chi connectivity index (χ2n) is 10.2. The molecule has 1 heterocycles. The molecule has 3 aromatic carbocycles. The maximum absolute atomic E-state index is 11.8. The number of halogens is 1. The number of allylic oxidation sites excluding steroid dienone is 1. The summed E-state index contributed by atoms with van der Waals surface area (Å²) in [7, 11) is 7.61. The zero-order chi connectivity index (χ0) is 32.5. The highest BCUT2D eigenvalue weighted by atomic mass is 35.5. The van der Waals surface area contributed by atoms with Gasteiger partial charge < -0.3 is 33.7 Å². The van der Waals surface area contributed by atoms with Crippen molar-refractivity contribution in [1.82, 2.24) is 10.4 Å². The van der Waals surface area contributed by atoms with E-state index < -0.39 is 6.03 Å². The van der Waals surface area contributed by atoms with Crippen LogP contribution >= 0.6 is 23.4 Å². The number of hydroxylamine groups is 2. The topological polar surface area (TPSA) is 108 Å². The summed E-state index contributed by atoms with van der Waals surface area (Å²) >= 11 is 7.60. The smallest absolute Gasteiger partial charge is 0.344 e. The highest BCUT2D eigenvalue weighted by Gasteiger charge is 2.31. The van der Waals surface area contributed by atoms with E-state index in [9.17, 15) is 10.0 Å². The Hall–Kier alpha value is -3.77. The summed E-state index contributed by atoms with van der Waals surface area (Å²) in [4.78, 5) is 12.8. The van der Waals surface area contributed by atoms with Gasteiger partial charge >= 0.3 is 6.03 Å². The van der Waals surface area contributed by atoms with Gasteiger partial charge in [0.2, 0.25) is 5.75 Å². The van der Waals surface area contributed by atoms with Crippen molar-refractivity contribution < 1.29 is 38.4 Å². The minimum absolute atomic E-state index is 0.185. The van der Waals surface area contributed by atoms with Gasteiger partial charge in [0.05, 0.1) is 40.6 Å². The molecule has 12 heteroatoms. The van der Waals surface area contributed by atoms with E-state index >= 15 is 0 Å². The highest BCUT2D eigenvalue weighted by Crippen LogP contribution is 2.47. The minimum Gasteiger partial charge on any atom is -0.493 e. The number of methoxy groups -OCH3 is 4. The maximum Gasteiger partial charge on any atom is 0.344 e. The van der Waals surface area contributed by atoms with Gasteiger partial charge in [-0.25, -0.2) is 9.86 Å². The van der Waals surface area contributed by atoms with Crippen molar-refractivity contribution in [3.05, 3.63) is 82.5 Å². The number of rotatable bonds is 13. The zero-order valence-electron chi connectivity index (χ0n) is 26.2. The Kier molecular flexibility index (Phi) is 12.1. The first-order valence-electron chi connectivity index (χ1n) is 14.3. The number of ether oxygens (including phenoxy) is 6. The van der Waals surface area contributed by atoms with Crippen LogP contribution in [0, 0.1) is 0 Å². The van der Waals surface area contributed by atoms with Crippen molar-refractivity contribution >= 4 is 29.4 Å². The maximum atomic E-state index is 11.8. The Morgan fingerprint density at radius 3 is 2.07 bits per heavy atom. The van der Waals surface area contributed by atoms with Gasteiger partial charge in [0.1, 0.15) is 5.44 Å². The molecule has 2 N–H and O–H groups in total. The van der Waals surface area contributed by atoms with E-state index in [4.69, 9.17) is 40.0 Å². The fraction of sp³-hybridized carbons (Fsp3) is 0.364. The van der Waals surface area contributed by atoms with Crippen LogP contribution in [-0.2, 0) is 11.2 Å². The molecular formula is C33H39ClN2O8S. The molecule has 0 bridgehead atoms. The molecule has 0 aliphatic carbocycles. The van der Waals surface area contributed by atoms with Gasteiger partial charge in [0.25, 0.3) is 0 Å². The van der Waals surface area contributed by atoms with E-state index in [2.05, 4.69) is 5.32 Å². The summed E-state index contributed by atoms with van der Waals surface area (Å²) in [6.45, 7) is 1.96. The molecular weight excluding hydrogens is 620 g/mol. The predicted molar refractivity (Wildman–Crippen MR) is 173 cm³/mol.